The molecule has 1 fully saturated rings. The molecule has 0 amide bonds. The lowest BCUT2D eigenvalue weighted by atomic mass is 9.84. The van der Waals surface area contributed by atoms with Crippen molar-refractivity contribution >= 4 is 18.4 Å². The SMILES string of the molecule is Cl.N[C@@H](Cc1ccc(C2CCCCC2)cc1)C(=O)O. The molecule has 3 nitrogen and oxygen atoms in total. The van der Waals surface area contributed by atoms with Crippen LogP contribution in [0.2, 0.25) is 0 Å². The Bertz CT molecular complexity index is 399. The van der Waals surface area contributed by atoms with Crippen LogP contribution in [-0.2, 0) is 11.2 Å². The largest absolute Gasteiger partial charge is 0.480 e. The average Bonchev–Trinajstić information content (AvgIpc) is 2.40. The summed E-state index contributed by atoms with van der Waals surface area (Å²) in [4.78, 5) is 10.7. The summed E-state index contributed by atoms with van der Waals surface area (Å²) in [6, 6.07) is 7.52. The van der Waals surface area contributed by atoms with Crippen molar-refractivity contribution in [3.63, 3.8) is 0 Å². The lowest BCUT2D eigenvalue weighted by Gasteiger charge is -2.22. The molecule has 0 heterocycles. The number of halogens is 1. The van der Waals surface area contributed by atoms with Crippen LogP contribution in [0, 0.1) is 0 Å². The van der Waals surface area contributed by atoms with Crippen LogP contribution in [0.5, 0.6) is 0 Å². The second-order valence-corrected chi connectivity index (χ2v) is 5.23. The summed E-state index contributed by atoms with van der Waals surface area (Å²) in [6.45, 7) is 0. The van der Waals surface area contributed by atoms with Gasteiger partial charge in [0, 0.05) is 0 Å². The summed E-state index contributed by atoms with van der Waals surface area (Å²) >= 11 is 0. The first-order valence-corrected chi connectivity index (χ1v) is 6.74. The maximum atomic E-state index is 10.7. The standard InChI is InChI=1S/C15H21NO2.ClH/c16-14(15(17)18)10-11-6-8-13(9-7-11)12-4-2-1-3-5-12;/h6-9,12,14H,1-5,10,16H2,(H,17,18);1H/t14-;/m0./s1. The average molecular weight is 284 g/mol. The molecule has 0 bridgehead atoms. The van der Waals surface area contributed by atoms with E-state index in [1.807, 2.05) is 12.1 Å². The van der Waals surface area contributed by atoms with Gasteiger partial charge in [-0.05, 0) is 36.3 Å². The number of carbonyl (C=O) groups is 1. The molecule has 4 heteroatoms. The summed E-state index contributed by atoms with van der Waals surface area (Å²) in [5.74, 6) is -0.243. The quantitative estimate of drug-likeness (QED) is 0.892. The Morgan fingerprint density at radius 3 is 2.32 bits per heavy atom. The van der Waals surface area contributed by atoms with Crippen molar-refractivity contribution in [1.82, 2.24) is 0 Å². The molecule has 106 valence electrons. The van der Waals surface area contributed by atoms with Gasteiger partial charge in [-0.2, -0.15) is 0 Å². The Balaban J connectivity index is 0.00000180. The van der Waals surface area contributed by atoms with Crippen molar-refractivity contribution in [2.45, 2.75) is 50.5 Å². The van der Waals surface area contributed by atoms with E-state index in [0.717, 1.165) is 5.56 Å². The van der Waals surface area contributed by atoms with Crippen LogP contribution in [0.3, 0.4) is 0 Å². The third-order valence-corrected chi connectivity index (χ3v) is 3.83. The first kappa shape index (κ1) is 16.0. The lowest BCUT2D eigenvalue weighted by Crippen LogP contribution is -2.32. The van der Waals surface area contributed by atoms with Crippen LogP contribution in [0.1, 0.15) is 49.1 Å². The Morgan fingerprint density at radius 2 is 1.79 bits per heavy atom. The van der Waals surface area contributed by atoms with Crippen molar-refractivity contribution in [3.8, 4) is 0 Å². The zero-order valence-corrected chi connectivity index (χ0v) is 11.9. The fourth-order valence-electron chi connectivity index (χ4n) is 2.70. The summed E-state index contributed by atoms with van der Waals surface area (Å²) in [5, 5.41) is 8.78. The van der Waals surface area contributed by atoms with Gasteiger partial charge in [-0.1, -0.05) is 43.5 Å². The number of nitrogens with two attached hydrogens (primary N) is 1. The van der Waals surface area contributed by atoms with E-state index in [1.165, 1.54) is 37.7 Å². The maximum Gasteiger partial charge on any atom is 0.320 e. The van der Waals surface area contributed by atoms with Crippen molar-refractivity contribution in [1.29, 1.82) is 0 Å². The molecule has 1 aromatic carbocycles. The molecule has 1 aromatic rings. The monoisotopic (exact) mass is 283 g/mol. The highest BCUT2D eigenvalue weighted by Gasteiger charge is 2.16. The summed E-state index contributed by atoms with van der Waals surface area (Å²) in [5.41, 5.74) is 7.93. The van der Waals surface area contributed by atoms with Gasteiger partial charge in [-0.25, -0.2) is 0 Å². The summed E-state index contributed by atoms with van der Waals surface area (Å²) < 4.78 is 0. The van der Waals surface area contributed by atoms with Crippen LogP contribution in [0.4, 0.5) is 0 Å². The van der Waals surface area contributed by atoms with Crippen molar-refractivity contribution in [2.75, 3.05) is 0 Å². The predicted octanol–water partition coefficient (Wildman–Crippen LogP) is 3.11. The topological polar surface area (TPSA) is 63.3 Å². The van der Waals surface area contributed by atoms with Gasteiger partial charge < -0.3 is 10.8 Å². The maximum absolute atomic E-state index is 10.7. The number of carboxylic acids is 1. The third kappa shape index (κ3) is 4.51. The van der Waals surface area contributed by atoms with Gasteiger partial charge in [0.25, 0.3) is 0 Å². The van der Waals surface area contributed by atoms with Crippen LogP contribution in [0.15, 0.2) is 24.3 Å². The van der Waals surface area contributed by atoms with Crippen LogP contribution >= 0.6 is 12.4 Å². The molecule has 0 saturated heterocycles. The molecule has 2 rings (SSSR count). The fraction of sp³-hybridized carbons (Fsp3) is 0.533. The minimum atomic E-state index is -0.939. The first-order chi connectivity index (χ1) is 8.66. The van der Waals surface area contributed by atoms with Crippen LogP contribution in [0.25, 0.3) is 0 Å². The molecule has 3 N–H and O–H groups in total. The van der Waals surface area contributed by atoms with Crippen LogP contribution < -0.4 is 5.73 Å². The van der Waals surface area contributed by atoms with E-state index >= 15 is 0 Å². The summed E-state index contributed by atoms with van der Waals surface area (Å²) in [7, 11) is 0. The van der Waals surface area contributed by atoms with E-state index in [9.17, 15) is 4.79 Å². The number of benzene rings is 1. The van der Waals surface area contributed by atoms with E-state index in [1.54, 1.807) is 0 Å². The van der Waals surface area contributed by atoms with Crippen molar-refractivity contribution < 1.29 is 9.90 Å². The van der Waals surface area contributed by atoms with E-state index in [0.29, 0.717) is 12.3 Å². The van der Waals surface area contributed by atoms with E-state index < -0.39 is 12.0 Å². The molecule has 0 aliphatic heterocycles. The van der Waals surface area contributed by atoms with Crippen molar-refractivity contribution in [2.24, 2.45) is 5.73 Å². The van der Waals surface area contributed by atoms with Crippen LogP contribution in [-0.4, -0.2) is 17.1 Å². The number of hydrogen-bond donors (Lipinski definition) is 2. The van der Waals surface area contributed by atoms with E-state index in [4.69, 9.17) is 10.8 Å². The van der Waals surface area contributed by atoms with E-state index in [2.05, 4.69) is 12.1 Å². The van der Waals surface area contributed by atoms with Gasteiger partial charge >= 0.3 is 5.97 Å². The molecule has 1 aliphatic carbocycles. The molecule has 1 saturated carbocycles. The third-order valence-electron chi connectivity index (χ3n) is 3.83. The smallest absolute Gasteiger partial charge is 0.320 e. The Labute approximate surface area is 120 Å². The second kappa shape index (κ2) is 7.51. The zero-order chi connectivity index (χ0) is 13.0. The lowest BCUT2D eigenvalue weighted by molar-refractivity contribution is -0.138. The first-order valence-electron chi connectivity index (χ1n) is 6.74. The molecular formula is C15H22ClNO2. The Kier molecular flexibility index (Phi) is 6.32. The summed E-state index contributed by atoms with van der Waals surface area (Å²) in [6.07, 6.45) is 7.00. The highest BCUT2D eigenvalue weighted by atomic mass is 35.5. The second-order valence-electron chi connectivity index (χ2n) is 5.23. The molecule has 0 aromatic heterocycles. The Hall–Kier alpha value is -1.06. The highest BCUT2D eigenvalue weighted by molar-refractivity contribution is 5.85. The molecule has 1 aliphatic rings. The predicted molar refractivity (Wildman–Crippen MR) is 78.8 cm³/mol. The number of carboxylic acid groups (broad SMARTS) is 1. The minimum absolute atomic E-state index is 0. The fourth-order valence-corrected chi connectivity index (χ4v) is 2.70. The normalized spacial score (nSPS) is 17.5. The zero-order valence-electron chi connectivity index (χ0n) is 11.0. The van der Waals surface area contributed by atoms with Crippen molar-refractivity contribution in [3.05, 3.63) is 35.4 Å². The molecular weight excluding hydrogens is 262 g/mol. The van der Waals surface area contributed by atoms with Gasteiger partial charge in [0.05, 0.1) is 0 Å². The Morgan fingerprint density at radius 1 is 1.21 bits per heavy atom. The molecule has 0 spiro atoms. The van der Waals surface area contributed by atoms with E-state index in [-0.39, 0.29) is 12.4 Å². The minimum Gasteiger partial charge on any atom is -0.480 e. The molecule has 1 atom stereocenters. The highest BCUT2D eigenvalue weighted by Crippen LogP contribution is 2.32. The number of aliphatic carboxylic acids is 1. The van der Waals surface area contributed by atoms with Gasteiger partial charge in [0.15, 0.2) is 0 Å². The number of rotatable bonds is 4. The van der Waals surface area contributed by atoms with Gasteiger partial charge in [0.1, 0.15) is 6.04 Å². The van der Waals surface area contributed by atoms with Gasteiger partial charge in [-0.15, -0.1) is 12.4 Å². The van der Waals surface area contributed by atoms with Gasteiger partial charge in [-0.3, -0.25) is 4.79 Å². The molecule has 0 unspecified atom stereocenters. The molecule has 19 heavy (non-hydrogen) atoms. The number of hydrogen-bond acceptors (Lipinski definition) is 2. The molecule has 0 radical (unpaired) electrons. The van der Waals surface area contributed by atoms with Gasteiger partial charge in [0.2, 0.25) is 0 Å².